The Morgan fingerprint density at radius 1 is 1.33 bits per heavy atom. The number of nitrogens with two attached hydrogens (primary N) is 1. The minimum Gasteiger partial charge on any atom is -0.328 e. The fourth-order valence-electron chi connectivity index (χ4n) is 1.90. The van der Waals surface area contributed by atoms with Crippen LogP contribution in [0.1, 0.15) is 39.5 Å². The normalized spacial score (nSPS) is 28.3. The second-order valence-corrected chi connectivity index (χ2v) is 6.00. The van der Waals surface area contributed by atoms with Crippen molar-refractivity contribution in [3.8, 4) is 0 Å². The second-order valence-electron chi connectivity index (χ2n) is 4.52. The molecule has 1 aliphatic carbocycles. The van der Waals surface area contributed by atoms with E-state index in [1.165, 1.54) is 0 Å². The SMILES string of the molecule is CC(C)NS(=O)(=O)NC1CCCC(N)C1. The van der Waals surface area contributed by atoms with E-state index in [9.17, 15) is 8.42 Å². The molecule has 0 aromatic heterocycles. The Labute approximate surface area is 92.0 Å². The molecule has 90 valence electrons. The van der Waals surface area contributed by atoms with E-state index in [0.29, 0.717) is 0 Å². The minimum absolute atomic E-state index is 0.00926. The molecule has 6 heteroatoms. The zero-order chi connectivity index (χ0) is 11.5. The predicted octanol–water partition coefficient (Wildman–Crippen LogP) is 0.0887. The van der Waals surface area contributed by atoms with Gasteiger partial charge in [0.05, 0.1) is 0 Å². The maximum Gasteiger partial charge on any atom is 0.277 e. The maximum absolute atomic E-state index is 11.6. The molecule has 5 nitrogen and oxygen atoms in total. The Kier molecular flexibility index (Phi) is 4.51. The third-order valence-corrected chi connectivity index (χ3v) is 3.85. The largest absolute Gasteiger partial charge is 0.328 e. The fraction of sp³-hybridized carbons (Fsp3) is 1.00. The number of nitrogens with one attached hydrogen (secondary N) is 2. The van der Waals surface area contributed by atoms with Crippen molar-refractivity contribution in [2.75, 3.05) is 0 Å². The van der Waals surface area contributed by atoms with E-state index < -0.39 is 10.2 Å². The van der Waals surface area contributed by atoms with Crippen molar-refractivity contribution in [1.29, 1.82) is 0 Å². The molecule has 1 fully saturated rings. The zero-order valence-electron chi connectivity index (χ0n) is 9.36. The highest BCUT2D eigenvalue weighted by Crippen LogP contribution is 2.17. The first-order valence-corrected chi connectivity index (χ1v) is 6.92. The van der Waals surface area contributed by atoms with Gasteiger partial charge in [-0.3, -0.25) is 0 Å². The maximum atomic E-state index is 11.6. The smallest absolute Gasteiger partial charge is 0.277 e. The van der Waals surface area contributed by atoms with Crippen LogP contribution in [-0.2, 0) is 10.2 Å². The molecule has 0 saturated heterocycles. The fourth-order valence-corrected chi connectivity index (χ4v) is 3.24. The molecule has 0 bridgehead atoms. The highest BCUT2D eigenvalue weighted by atomic mass is 32.2. The van der Waals surface area contributed by atoms with Gasteiger partial charge in [-0.05, 0) is 33.1 Å². The van der Waals surface area contributed by atoms with Crippen LogP contribution in [0.15, 0.2) is 0 Å². The summed E-state index contributed by atoms with van der Waals surface area (Å²) in [6.07, 6.45) is 3.61. The van der Waals surface area contributed by atoms with Crippen molar-refractivity contribution in [3.63, 3.8) is 0 Å². The van der Waals surface area contributed by atoms with Gasteiger partial charge >= 0.3 is 0 Å². The molecule has 1 rings (SSSR count). The molecule has 2 atom stereocenters. The van der Waals surface area contributed by atoms with Crippen LogP contribution in [0.3, 0.4) is 0 Å². The van der Waals surface area contributed by atoms with Crippen molar-refractivity contribution in [3.05, 3.63) is 0 Å². The van der Waals surface area contributed by atoms with Crippen molar-refractivity contribution in [2.45, 2.75) is 57.7 Å². The molecule has 4 N–H and O–H groups in total. The van der Waals surface area contributed by atoms with Gasteiger partial charge in [0.15, 0.2) is 0 Å². The molecule has 0 spiro atoms. The first-order valence-electron chi connectivity index (χ1n) is 5.44. The van der Waals surface area contributed by atoms with Crippen molar-refractivity contribution in [1.82, 2.24) is 9.44 Å². The quantitative estimate of drug-likeness (QED) is 0.645. The number of hydrogen-bond acceptors (Lipinski definition) is 3. The molecule has 2 unspecified atom stereocenters. The first-order chi connectivity index (χ1) is 6.89. The summed E-state index contributed by atoms with van der Waals surface area (Å²) in [6, 6.07) is 0.0373. The van der Waals surface area contributed by atoms with E-state index in [-0.39, 0.29) is 18.1 Å². The Balaban J connectivity index is 2.46. The molecular formula is C9H21N3O2S. The second kappa shape index (κ2) is 5.25. The summed E-state index contributed by atoms with van der Waals surface area (Å²) < 4.78 is 28.2. The molecule has 0 aliphatic heterocycles. The molecule has 0 heterocycles. The molecule has 15 heavy (non-hydrogen) atoms. The van der Waals surface area contributed by atoms with Gasteiger partial charge in [-0.2, -0.15) is 17.9 Å². The molecule has 0 amide bonds. The summed E-state index contributed by atoms with van der Waals surface area (Å²) >= 11 is 0. The van der Waals surface area contributed by atoms with Crippen LogP contribution in [-0.4, -0.2) is 26.5 Å². The summed E-state index contributed by atoms with van der Waals surface area (Å²) in [7, 11) is -3.36. The van der Waals surface area contributed by atoms with Crippen LogP contribution < -0.4 is 15.2 Å². The average Bonchev–Trinajstić information content (AvgIpc) is 1.99. The summed E-state index contributed by atoms with van der Waals surface area (Å²) in [5.74, 6) is 0. The Morgan fingerprint density at radius 3 is 2.53 bits per heavy atom. The van der Waals surface area contributed by atoms with Gasteiger partial charge in [0.1, 0.15) is 0 Å². The van der Waals surface area contributed by atoms with Crippen molar-refractivity contribution in [2.24, 2.45) is 5.73 Å². The molecule has 0 aromatic carbocycles. The van der Waals surface area contributed by atoms with Gasteiger partial charge in [-0.1, -0.05) is 6.42 Å². The van der Waals surface area contributed by atoms with Gasteiger partial charge in [-0.25, -0.2) is 0 Å². The number of rotatable bonds is 4. The molecular weight excluding hydrogens is 214 g/mol. The summed E-state index contributed by atoms with van der Waals surface area (Å²) in [6.45, 7) is 3.59. The molecule has 0 radical (unpaired) electrons. The van der Waals surface area contributed by atoms with E-state index >= 15 is 0 Å². The standard InChI is InChI=1S/C9H21N3O2S/c1-7(2)11-15(13,14)12-9-5-3-4-8(10)6-9/h7-9,11-12H,3-6,10H2,1-2H3. The van der Waals surface area contributed by atoms with Gasteiger partial charge in [0.25, 0.3) is 10.2 Å². The van der Waals surface area contributed by atoms with E-state index in [2.05, 4.69) is 9.44 Å². The Morgan fingerprint density at radius 2 is 2.00 bits per heavy atom. The molecule has 1 aliphatic rings. The summed E-state index contributed by atoms with van der Waals surface area (Å²) in [5, 5.41) is 0. The summed E-state index contributed by atoms with van der Waals surface area (Å²) in [5.41, 5.74) is 5.79. The molecule has 1 saturated carbocycles. The van der Waals surface area contributed by atoms with Crippen LogP contribution >= 0.6 is 0 Å². The highest BCUT2D eigenvalue weighted by molar-refractivity contribution is 7.87. The Hall–Kier alpha value is -0.170. The van der Waals surface area contributed by atoms with Gasteiger partial charge < -0.3 is 5.73 Å². The minimum atomic E-state index is -3.36. The molecule has 0 aromatic rings. The number of hydrogen-bond donors (Lipinski definition) is 3. The van der Waals surface area contributed by atoms with E-state index in [1.54, 1.807) is 13.8 Å². The zero-order valence-corrected chi connectivity index (χ0v) is 10.2. The third kappa shape index (κ3) is 4.92. The van der Waals surface area contributed by atoms with E-state index in [1.807, 2.05) is 0 Å². The lowest BCUT2D eigenvalue weighted by Crippen LogP contribution is -2.48. The lowest BCUT2D eigenvalue weighted by atomic mass is 9.92. The lowest BCUT2D eigenvalue weighted by Gasteiger charge is -2.27. The van der Waals surface area contributed by atoms with E-state index in [0.717, 1.165) is 25.7 Å². The van der Waals surface area contributed by atoms with Crippen molar-refractivity contribution >= 4 is 10.2 Å². The van der Waals surface area contributed by atoms with Crippen molar-refractivity contribution < 1.29 is 8.42 Å². The van der Waals surface area contributed by atoms with Gasteiger partial charge in [0.2, 0.25) is 0 Å². The lowest BCUT2D eigenvalue weighted by molar-refractivity contribution is 0.369. The average molecular weight is 235 g/mol. The van der Waals surface area contributed by atoms with Crippen LogP contribution in [0.2, 0.25) is 0 Å². The van der Waals surface area contributed by atoms with Gasteiger partial charge in [-0.15, -0.1) is 0 Å². The van der Waals surface area contributed by atoms with Crippen LogP contribution in [0, 0.1) is 0 Å². The monoisotopic (exact) mass is 235 g/mol. The van der Waals surface area contributed by atoms with Crippen LogP contribution in [0.4, 0.5) is 0 Å². The highest BCUT2D eigenvalue weighted by Gasteiger charge is 2.23. The predicted molar refractivity (Wildman–Crippen MR) is 60.6 cm³/mol. The van der Waals surface area contributed by atoms with Gasteiger partial charge in [0, 0.05) is 18.1 Å². The Bertz CT molecular complexity index is 290. The van der Waals surface area contributed by atoms with Crippen LogP contribution in [0.5, 0.6) is 0 Å². The topological polar surface area (TPSA) is 84.2 Å². The summed E-state index contributed by atoms with van der Waals surface area (Å²) in [4.78, 5) is 0. The third-order valence-electron chi connectivity index (χ3n) is 2.43. The van der Waals surface area contributed by atoms with E-state index in [4.69, 9.17) is 5.73 Å². The van der Waals surface area contributed by atoms with Crippen LogP contribution in [0.25, 0.3) is 0 Å². The first kappa shape index (κ1) is 12.9.